The first-order valence-electron chi connectivity index (χ1n) is 8.20. The maximum atomic E-state index is 5.32. The van der Waals surface area contributed by atoms with Crippen LogP contribution in [0.15, 0.2) is 71.0 Å². The summed E-state index contributed by atoms with van der Waals surface area (Å²) in [6, 6.07) is 17.7. The number of aromatic nitrogens is 1. The number of fused-ring (bicyclic) bond motifs is 3. The molecule has 0 N–H and O–H groups in total. The second-order valence-corrected chi connectivity index (χ2v) is 5.75. The molecule has 0 unspecified atom stereocenters. The van der Waals surface area contributed by atoms with E-state index in [4.69, 9.17) is 9.47 Å². The van der Waals surface area contributed by atoms with Gasteiger partial charge in [-0.2, -0.15) is 5.10 Å². The molecule has 0 amide bonds. The molecule has 1 heterocycles. The smallest absolute Gasteiger partial charge is 0.161 e. The molecule has 0 saturated heterocycles. The molecule has 1 aromatic heterocycles. The van der Waals surface area contributed by atoms with Gasteiger partial charge in [-0.05, 0) is 35.9 Å². The predicted octanol–water partition coefficient (Wildman–Crippen LogP) is 3.95. The van der Waals surface area contributed by atoms with Crippen molar-refractivity contribution in [2.24, 2.45) is 10.2 Å². The van der Waals surface area contributed by atoms with E-state index in [1.807, 2.05) is 48.5 Å². The molecule has 1 aliphatic carbocycles. The monoisotopic (exact) mass is 343 g/mol. The normalized spacial score (nSPS) is 13.7. The average molecular weight is 343 g/mol. The molecule has 3 aromatic rings. The Hall–Kier alpha value is -3.47. The SMILES string of the molecule is COc1ccc(/C=N/N=C2/c3ccccc3-c3ncccc32)cc1OC. The van der Waals surface area contributed by atoms with E-state index in [0.29, 0.717) is 11.5 Å². The van der Waals surface area contributed by atoms with Crippen LogP contribution in [0.2, 0.25) is 0 Å². The molecule has 26 heavy (non-hydrogen) atoms. The van der Waals surface area contributed by atoms with Crippen LogP contribution >= 0.6 is 0 Å². The van der Waals surface area contributed by atoms with E-state index in [-0.39, 0.29) is 0 Å². The third kappa shape index (κ3) is 2.73. The zero-order valence-electron chi connectivity index (χ0n) is 14.5. The van der Waals surface area contributed by atoms with Crippen LogP contribution in [-0.4, -0.2) is 31.1 Å². The van der Waals surface area contributed by atoms with Crippen molar-refractivity contribution in [1.29, 1.82) is 0 Å². The summed E-state index contributed by atoms with van der Waals surface area (Å²) in [4.78, 5) is 4.50. The van der Waals surface area contributed by atoms with Crippen LogP contribution in [0.25, 0.3) is 11.3 Å². The van der Waals surface area contributed by atoms with Gasteiger partial charge in [0.1, 0.15) is 5.71 Å². The molecular weight excluding hydrogens is 326 g/mol. The Morgan fingerprint density at radius 1 is 0.846 bits per heavy atom. The summed E-state index contributed by atoms with van der Waals surface area (Å²) in [7, 11) is 3.22. The number of benzene rings is 2. The Kier molecular flexibility index (Phi) is 4.19. The lowest BCUT2D eigenvalue weighted by Gasteiger charge is -2.07. The Morgan fingerprint density at radius 3 is 2.42 bits per heavy atom. The Labute approximate surface area is 151 Å². The third-order valence-electron chi connectivity index (χ3n) is 4.27. The van der Waals surface area contributed by atoms with Crippen LogP contribution in [-0.2, 0) is 0 Å². The second-order valence-electron chi connectivity index (χ2n) is 5.75. The summed E-state index contributed by atoms with van der Waals surface area (Å²) in [5.41, 5.74) is 5.79. The van der Waals surface area contributed by atoms with Gasteiger partial charge in [-0.1, -0.05) is 24.3 Å². The Morgan fingerprint density at radius 2 is 1.62 bits per heavy atom. The minimum Gasteiger partial charge on any atom is -0.493 e. The fourth-order valence-electron chi connectivity index (χ4n) is 3.05. The average Bonchev–Trinajstić information content (AvgIpc) is 3.02. The molecule has 0 fully saturated rings. The van der Waals surface area contributed by atoms with Crippen molar-refractivity contribution >= 4 is 11.9 Å². The van der Waals surface area contributed by atoms with Crippen LogP contribution < -0.4 is 9.47 Å². The molecule has 5 nitrogen and oxygen atoms in total. The lowest BCUT2D eigenvalue weighted by molar-refractivity contribution is 0.355. The molecule has 0 radical (unpaired) electrons. The lowest BCUT2D eigenvalue weighted by Crippen LogP contribution is -1.97. The van der Waals surface area contributed by atoms with Gasteiger partial charge in [0.25, 0.3) is 0 Å². The summed E-state index contributed by atoms with van der Waals surface area (Å²) in [6.45, 7) is 0. The zero-order chi connectivity index (χ0) is 17.9. The Bertz CT molecular complexity index is 978. The first kappa shape index (κ1) is 16.0. The van der Waals surface area contributed by atoms with Crippen molar-refractivity contribution in [2.75, 3.05) is 14.2 Å². The molecule has 0 aliphatic heterocycles. The first-order chi connectivity index (χ1) is 12.8. The van der Waals surface area contributed by atoms with Gasteiger partial charge in [0, 0.05) is 22.9 Å². The topological polar surface area (TPSA) is 56.1 Å². The summed E-state index contributed by atoms with van der Waals surface area (Å²) in [5, 5.41) is 8.76. The van der Waals surface area contributed by atoms with Crippen molar-refractivity contribution in [1.82, 2.24) is 4.98 Å². The van der Waals surface area contributed by atoms with Gasteiger partial charge >= 0.3 is 0 Å². The van der Waals surface area contributed by atoms with Crippen molar-refractivity contribution in [3.05, 3.63) is 77.5 Å². The molecule has 0 spiro atoms. The molecule has 0 bridgehead atoms. The molecule has 0 atom stereocenters. The highest BCUT2D eigenvalue weighted by Crippen LogP contribution is 2.35. The van der Waals surface area contributed by atoms with Gasteiger partial charge in [0.15, 0.2) is 11.5 Å². The molecule has 1 aliphatic rings. The van der Waals surface area contributed by atoms with Crippen molar-refractivity contribution < 1.29 is 9.47 Å². The van der Waals surface area contributed by atoms with Crippen molar-refractivity contribution in [3.8, 4) is 22.8 Å². The first-order valence-corrected chi connectivity index (χ1v) is 8.20. The standard InChI is InChI=1S/C21H17N3O2/c1-25-18-10-9-14(12-19(18)26-2)13-23-24-21-16-7-4-3-6-15(16)20-17(21)8-5-11-22-20/h3-13H,1-2H3/b23-13+,24-21-. The van der Waals surface area contributed by atoms with Gasteiger partial charge in [0.05, 0.1) is 26.1 Å². The summed E-state index contributed by atoms with van der Waals surface area (Å²) in [5.74, 6) is 1.34. The minimum absolute atomic E-state index is 0.657. The molecule has 0 saturated carbocycles. The van der Waals surface area contributed by atoms with E-state index < -0.39 is 0 Å². The highest BCUT2D eigenvalue weighted by molar-refractivity contribution is 6.23. The fraction of sp³-hybridized carbons (Fsp3) is 0.0952. The molecule has 4 rings (SSSR count). The van der Waals surface area contributed by atoms with E-state index >= 15 is 0 Å². The van der Waals surface area contributed by atoms with Gasteiger partial charge in [-0.25, -0.2) is 0 Å². The van der Waals surface area contributed by atoms with Gasteiger partial charge < -0.3 is 9.47 Å². The molecular formula is C21H17N3O2. The van der Waals surface area contributed by atoms with Gasteiger partial charge in [-0.15, -0.1) is 5.10 Å². The highest BCUT2D eigenvalue weighted by Gasteiger charge is 2.25. The van der Waals surface area contributed by atoms with E-state index in [9.17, 15) is 0 Å². The number of hydrogen-bond acceptors (Lipinski definition) is 5. The van der Waals surface area contributed by atoms with Gasteiger partial charge in [0.2, 0.25) is 0 Å². The summed E-state index contributed by atoms with van der Waals surface area (Å²) in [6.07, 6.45) is 3.50. The van der Waals surface area contributed by atoms with Gasteiger partial charge in [-0.3, -0.25) is 4.98 Å². The van der Waals surface area contributed by atoms with Crippen LogP contribution in [0.5, 0.6) is 11.5 Å². The lowest BCUT2D eigenvalue weighted by atomic mass is 10.1. The number of rotatable bonds is 4. The van der Waals surface area contributed by atoms with E-state index in [1.54, 1.807) is 26.6 Å². The maximum Gasteiger partial charge on any atom is 0.161 e. The summed E-state index contributed by atoms with van der Waals surface area (Å²) >= 11 is 0. The van der Waals surface area contributed by atoms with E-state index in [0.717, 1.165) is 33.7 Å². The fourth-order valence-corrected chi connectivity index (χ4v) is 3.05. The predicted molar refractivity (Wildman–Crippen MR) is 102 cm³/mol. The number of pyridine rings is 1. The number of ether oxygens (including phenoxy) is 2. The molecule has 2 aromatic carbocycles. The number of hydrogen-bond donors (Lipinski definition) is 0. The molecule has 128 valence electrons. The quantitative estimate of drug-likeness (QED) is 0.416. The second kappa shape index (κ2) is 6.80. The van der Waals surface area contributed by atoms with Crippen LogP contribution in [0.4, 0.5) is 0 Å². The summed E-state index contributed by atoms with van der Waals surface area (Å²) < 4.78 is 10.6. The van der Waals surface area contributed by atoms with Crippen LogP contribution in [0.3, 0.4) is 0 Å². The Balaban J connectivity index is 1.70. The highest BCUT2D eigenvalue weighted by atomic mass is 16.5. The van der Waals surface area contributed by atoms with Crippen molar-refractivity contribution in [3.63, 3.8) is 0 Å². The number of methoxy groups -OCH3 is 2. The zero-order valence-corrected chi connectivity index (χ0v) is 14.5. The minimum atomic E-state index is 0.657. The van der Waals surface area contributed by atoms with Crippen LogP contribution in [0.1, 0.15) is 16.7 Å². The van der Waals surface area contributed by atoms with Crippen LogP contribution in [0, 0.1) is 0 Å². The van der Waals surface area contributed by atoms with Crippen molar-refractivity contribution in [2.45, 2.75) is 0 Å². The van der Waals surface area contributed by atoms with E-state index in [2.05, 4.69) is 21.3 Å². The molecule has 5 heteroatoms. The third-order valence-corrected chi connectivity index (χ3v) is 4.27. The maximum absolute atomic E-state index is 5.32. The number of nitrogens with zero attached hydrogens (tertiary/aromatic N) is 3. The van der Waals surface area contributed by atoms with E-state index in [1.165, 1.54) is 0 Å². The largest absolute Gasteiger partial charge is 0.493 e.